The maximum atomic E-state index is 12.6. The van der Waals surface area contributed by atoms with E-state index in [4.69, 9.17) is 5.73 Å². The quantitative estimate of drug-likeness (QED) is 0.822. The van der Waals surface area contributed by atoms with Crippen LogP contribution in [0.3, 0.4) is 0 Å². The monoisotopic (exact) mass is 285 g/mol. The molecule has 19 heavy (non-hydrogen) atoms. The SMILES string of the molecule is Cc1ccc(C)c(S(=O)(=O)N(C)CCN(C)C)c1N. The van der Waals surface area contributed by atoms with Crippen molar-refractivity contribution in [2.45, 2.75) is 18.7 Å². The maximum absolute atomic E-state index is 12.6. The Hall–Kier alpha value is -1.11. The van der Waals surface area contributed by atoms with Crippen molar-refractivity contribution in [1.82, 2.24) is 9.21 Å². The van der Waals surface area contributed by atoms with E-state index < -0.39 is 10.0 Å². The molecule has 0 spiro atoms. The molecule has 6 heteroatoms. The highest BCUT2D eigenvalue weighted by molar-refractivity contribution is 7.89. The molecule has 5 nitrogen and oxygen atoms in total. The lowest BCUT2D eigenvalue weighted by molar-refractivity contribution is 0.358. The standard InChI is InChI=1S/C13H23N3O2S/c1-10-6-7-11(2)13(12(10)14)19(17,18)16(5)9-8-15(3)4/h6-7H,8-9,14H2,1-5H3. The third-order valence-electron chi connectivity index (χ3n) is 3.14. The molecule has 0 amide bonds. The zero-order valence-electron chi connectivity index (χ0n) is 12.3. The van der Waals surface area contributed by atoms with Gasteiger partial charge in [-0.3, -0.25) is 0 Å². The fourth-order valence-corrected chi connectivity index (χ4v) is 3.31. The number of nitrogens with zero attached hydrogens (tertiary/aromatic N) is 2. The largest absolute Gasteiger partial charge is 0.397 e. The van der Waals surface area contributed by atoms with Gasteiger partial charge < -0.3 is 10.6 Å². The Morgan fingerprint density at radius 1 is 1.05 bits per heavy atom. The van der Waals surface area contributed by atoms with Crippen molar-refractivity contribution in [3.8, 4) is 0 Å². The molecule has 2 N–H and O–H groups in total. The van der Waals surface area contributed by atoms with E-state index in [9.17, 15) is 8.42 Å². The van der Waals surface area contributed by atoms with Gasteiger partial charge >= 0.3 is 0 Å². The molecule has 0 aliphatic carbocycles. The number of aryl methyl sites for hydroxylation is 2. The average molecular weight is 285 g/mol. The molecule has 1 rings (SSSR count). The molecule has 0 radical (unpaired) electrons. The number of anilines is 1. The predicted molar refractivity (Wildman–Crippen MR) is 78.7 cm³/mol. The molecule has 108 valence electrons. The topological polar surface area (TPSA) is 66.6 Å². The second-order valence-electron chi connectivity index (χ2n) is 5.07. The summed E-state index contributed by atoms with van der Waals surface area (Å²) < 4.78 is 26.5. The van der Waals surface area contributed by atoms with Crippen LogP contribution in [-0.2, 0) is 10.0 Å². The van der Waals surface area contributed by atoms with E-state index in [-0.39, 0.29) is 4.90 Å². The highest BCUT2D eigenvalue weighted by atomic mass is 32.2. The van der Waals surface area contributed by atoms with E-state index in [1.165, 1.54) is 4.31 Å². The minimum absolute atomic E-state index is 0.230. The lowest BCUT2D eigenvalue weighted by Gasteiger charge is -2.22. The molecule has 1 aromatic carbocycles. The number of benzene rings is 1. The highest BCUT2D eigenvalue weighted by Gasteiger charge is 2.25. The second-order valence-corrected chi connectivity index (χ2v) is 7.05. The van der Waals surface area contributed by atoms with Crippen molar-refractivity contribution < 1.29 is 8.42 Å². The Labute approximate surface area is 116 Å². The van der Waals surface area contributed by atoms with E-state index in [0.717, 1.165) is 5.56 Å². The normalized spacial score (nSPS) is 12.4. The number of hydrogen-bond donors (Lipinski definition) is 1. The number of likely N-dealkylation sites (N-methyl/N-ethyl adjacent to an activating group) is 2. The summed E-state index contributed by atoms with van der Waals surface area (Å²) in [7, 11) is 1.87. The molecule has 0 bridgehead atoms. The van der Waals surface area contributed by atoms with Crippen LogP contribution in [0.2, 0.25) is 0 Å². The van der Waals surface area contributed by atoms with Gasteiger partial charge in [-0.2, -0.15) is 4.31 Å². The molecule has 0 aliphatic rings. The van der Waals surface area contributed by atoms with Gasteiger partial charge in [0.25, 0.3) is 0 Å². The summed E-state index contributed by atoms with van der Waals surface area (Å²) in [5.41, 5.74) is 7.75. The number of nitrogen functional groups attached to an aromatic ring is 1. The van der Waals surface area contributed by atoms with Crippen LogP contribution in [0.4, 0.5) is 5.69 Å². The lowest BCUT2D eigenvalue weighted by atomic mass is 10.1. The van der Waals surface area contributed by atoms with Gasteiger partial charge in [0.2, 0.25) is 10.0 Å². The Balaban J connectivity index is 3.17. The molecule has 0 saturated carbocycles. The van der Waals surface area contributed by atoms with Crippen LogP contribution in [0.5, 0.6) is 0 Å². The van der Waals surface area contributed by atoms with E-state index in [1.807, 2.05) is 32.0 Å². The van der Waals surface area contributed by atoms with Crippen LogP contribution in [0.1, 0.15) is 11.1 Å². The third kappa shape index (κ3) is 3.46. The Bertz CT molecular complexity index is 553. The molecule has 0 unspecified atom stereocenters. The molecular formula is C13H23N3O2S. The Kier molecular flexibility index (Phi) is 4.95. The van der Waals surface area contributed by atoms with Crippen LogP contribution < -0.4 is 5.73 Å². The van der Waals surface area contributed by atoms with Gasteiger partial charge in [-0.15, -0.1) is 0 Å². The second kappa shape index (κ2) is 5.90. The van der Waals surface area contributed by atoms with E-state index in [2.05, 4.69) is 0 Å². The summed E-state index contributed by atoms with van der Waals surface area (Å²) in [5.74, 6) is 0. The Morgan fingerprint density at radius 2 is 1.58 bits per heavy atom. The van der Waals surface area contributed by atoms with E-state index >= 15 is 0 Å². The van der Waals surface area contributed by atoms with Crippen LogP contribution in [0.25, 0.3) is 0 Å². The molecule has 0 aliphatic heterocycles. The van der Waals surface area contributed by atoms with Gasteiger partial charge in [-0.05, 0) is 39.1 Å². The van der Waals surface area contributed by atoms with Gasteiger partial charge in [0, 0.05) is 20.1 Å². The number of hydrogen-bond acceptors (Lipinski definition) is 4. The number of nitrogens with two attached hydrogens (primary N) is 1. The summed E-state index contributed by atoms with van der Waals surface area (Å²) in [6.07, 6.45) is 0. The summed E-state index contributed by atoms with van der Waals surface area (Å²) in [5, 5.41) is 0. The number of rotatable bonds is 5. The zero-order valence-corrected chi connectivity index (χ0v) is 13.1. The molecule has 0 atom stereocenters. The van der Waals surface area contributed by atoms with E-state index in [1.54, 1.807) is 20.0 Å². The molecule has 0 aromatic heterocycles. The molecule has 0 fully saturated rings. The Morgan fingerprint density at radius 3 is 2.11 bits per heavy atom. The molecule has 0 heterocycles. The van der Waals surface area contributed by atoms with Gasteiger partial charge in [0.1, 0.15) is 4.90 Å². The third-order valence-corrected chi connectivity index (χ3v) is 5.20. The van der Waals surface area contributed by atoms with Crippen molar-refractivity contribution in [3.63, 3.8) is 0 Å². The van der Waals surface area contributed by atoms with Crippen LogP contribution in [0, 0.1) is 13.8 Å². The molecule has 1 aromatic rings. The summed E-state index contributed by atoms with van der Waals surface area (Å²) in [6.45, 7) is 4.68. The maximum Gasteiger partial charge on any atom is 0.245 e. The average Bonchev–Trinajstić information content (AvgIpc) is 2.30. The summed E-state index contributed by atoms with van der Waals surface area (Å²) in [4.78, 5) is 2.17. The first kappa shape index (κ1) is 15.9. The summed E-state index contributed by atoms with van der Waals surface area (Å²) in [6, 6.07) is 3.63. The fraction of sp³-hybridized carbons (Fsp3) is 0.538. The van der Waals surface area contributed by atoms with Crippen molar-refractivity contribution >= 4 is 15.7 Å². The summed E-state index contributed by atoms with van der Waals surface area (Å²) >= 11 is 0. The highest BCUT2D eigenvalue weighted by Crippen LogP contribution is 2.28. The lowest BCUT2D eigenvalue weighted by Crippen LogP contribution is -2.34. The predicted octanol–water partition coefficient (Wildman–Crippen LogP) is 1.07. The molecule has 0 saturated heterocycles. The fourth-order valence-electron chi connectivity index (χ4n) is 1.77. The molecular weight excluding hydrogens is 262 g/mol. The number of sulfonamides is 1. The smallest absolute Gasteiger partial charge is 0.245 e. The van der Waals surface area contributed by atoms with Gasteiger partial charge in [-0.1, -0.05) is 12.1 Å². The van der Waals surface area contributed by atoms with Crippen LogP contribution >= 0.6 is 0 Å². The first-order valence-corrected chi connectivity index (χ1v) is 7.58. The van der Waals surface area contributed by atoms with Crippen molar-refractivity contribution in [1.29, 1.82) is 0 Å². The van der Waals surface area contributed by atoms with Gasteiger partial charge in [0.15, 0.2) is 0 Å². The van der Waals surface area contributed by atoms with Crippen molar-refractivity contribution in [2.75, 3.05) is 40.0 Å². The van der Waals surface area contributed by atoms with Crippen molar-refractivity contribution in [2.24, 2.45) is 0 Å². The first-order chi connectivity index (χ1) is 8.67. The van der Waals surface area contributed by atoms with Gasteiger partial charge in [0.05, 0.1) is 5.69 Å². The first-order valence-electron chi connectivity index (χ1n) is 6.14. The van der Waals surface area contributed by atoms with Crippen LogP contribution in [0.15, 0.2) is 17.0 Å². The van der Waals surface area contributed by atoms with Crippen molar-refractivity contribution in [3.05, 3.63) is 23.3 Å². The minimum Gasteiger partial charge on any atom is -0.397 e. The van der Waals surface area contributed by atoms with Crippen LogP contribution in [-0.4, -0.2) is 51.9 Å². The van der Waals surface area contributed by atoms with E-state index in [0.29, 0.717) is 24.3 Å². The minimum atomic E-state index is -3.54. The van der Waals surface area contributed by atoms with Gasteiger partial charge in [-0.25, -0.2) is 8.42 Å². The zero-order chi connectivity index (χ0) is 14.8.